The van der Waals surface area contributed by atoms with Gasteiger partial charge < -0.3 is 5.32 Å². The predicted molar refractivity (Wildman–Crippen MR) is 96.2 cm³/mol. The number of pyridine rings is 1. The van der Waals surface area contributed by atoms with Gasteiger partial charge in [-0.3, -0.25) is 14.4 Å². The van der Waals surface area contributed by atoms with Crippen molar-refractivity contribution in [1.82, 2.24) is 4.98 Å². The van der Waals surface area contributed by atoms with E-state index in [0.29, 0.717) is 28.2 Å². The van der Waals surface area contributed by atoms with Crippen LogP contribution in [0.25, 0.3) is 0 Å². The van der Waals surface area contributed by atoms with Gasteiger partial charge in [0.2, 0.25) is 0 Å². The van der Waals surface area contributed by atoms with Gasteiger partial charge in [-0.2, -0.15) is 0 Å². The average molecular weight is 343 g/mol. The number of benzene rings is 2. The number of hydrogen-bond donors (Lipinski definition) is 1. The highest BCUT2D eigenvalue weighted by molar-refractivity contribution is 6.34. The van der Waals surface area contributed by atoms with Crippen molar-refractivity contribution in [2.75, 3.05) is 10.2 Å². The third kappa shape index (κ3) is 2.63. The number of hydrogen-bond acceptors (Lipinski definition) is 4. The Labute approximate surface area is 149 Å². The molecular weight excluding hydrogens is 330 g/mol. The van der Waals surface area contributed by atoms with Crippen molar-refractivity contribution in [2.24, 2.45) is 0 Å². The Hall–Kier alpha value is -3.80. The molecule has 0 aliphatic carbocycles. The largest absolute Gasteiger partial charge is 0.307 e. The third-order valence-corrected chi connectivity index (χ3v) is 4.09. The van der Waals surface area contributed by atoms with E-state index >= 15 is 0 Å². The lowest BCUT2D eigenvalue weighted by molar-refractivity contribution is 0.0925. The third-order valence-electron chi connectivity index (χ3n) is 4.09. The first-order valence-electron chi connectivity index (χ1n) is 7.95. The highest BCUT2D eigenvalue weighted by Crippen LogP contribution is 2.28. The summed E-state index contributed by atoms with van der Waals surface area (Å²) in [6.07, 6.45) is 1.58. The van der Waals surface area contributed by atoms with Crippen LogP contribution in [0.5, 0.6) is 0 Å². The summed E-state index contributed by atoms with van der Waals surface area (Å²) in [5, 5.41) is 2.68. The molecule has 1 N–H and O–H groups in total. The fraction of sp³-hybridized carbons (Fsp3) is 0. The Balaban J connectivity index is 1.56. The first-order valence-corrected chi connectivity index (χ1v) is 7.95. The first-order chi connectivity index (χ1) is 12.6. The number of fused-ring (bicyclic) bond motifs is 1. The minimum absolute atomic E-state index is 0.322. The summed E-state index contributed by atoms with van der Waals surface area (Å²) in [5.74, 6) is -0.605. The van der Waals surface area contributed by atoms with E-state index in [1.165, 1.54) is 0 Å². The second-order valence-electron chi connectivity index (χ2n) is 5.71. The van der Waals surface area contributed by atoms with Crippen LogP contribution < -0.4 is 10.2 Å². The number of imide groups is 1. The average Bonchev–Trinajstić information content (AvgIpc) is 2.94. The van der Waals surface area contributed by atoms with Crippen molar-refractivity contribution in [1.29, 1.82) is 0 Å². The molecule has 0 bridgehead atoms. The minimum atomic E-state index is -0.365. The van der Waals surface area contributed by atoms with E-state index in [4.69, 9.17) is 0 Å². The fourth-order valence-corrected chi connectivity index (χ4v) is 2.81. The molecule has 0 radical (unpaired) electrons. The van der Waals surface area contributed by atoms with Crippen LogP contribution in [-0.4, -0.2) is 22.7 Å². The van der Waals surface area contributed by atoms with Crippen molar-refractivity contribution in [3.05, 3.63) is 89.6 Å². The molecule has 4 rings (SSSR count). The van der Waals surface area contributed by atoms with Crippen molar-refractivity contribution in [2.45, 2.75) is 0 Å². The molecule has 6 heteroatoms. The van der Waals surface area contributed by atoms with Gasteiger partial charge >= 0.3 is 0 Å². The molecule has 0 fully saturated rings. The zero-order chi connectivity index (χ0) is 18.1. The lowest BCUT2D eigenvalue weighted by Crippen LogP contribution is -2.29. The maximum absolute atomic E-state index is 12.5. The van der Waals surface area contributed by atoms with E-state index in [1.54, 1.807) is 72.9 Å². The molecule has 1 aliphatic heterocycles. The Morgan fingerprint density at radius 2 is 1.42 bits per heavy atom. The molecule has 0 saturated heterocycles. The Morgan fingerprint density at radius 3 is 2.00 bits per heavy atom. The quantitative estimate of drug-likeness (QED) is 0.741. The summed E-state index contributed by atoms with van der Waals surface area (Å²) < 4.78 is 0. The number of nitrogens with one attached hydrogen (secondary N) is 1. The molecule has 0 saturated carbocycles. The fourth-order valence-electron chi connectivity index (χ4n) is 2.81. The van der Waals surface area contributed by atoms with Crippen molar-refractivity contribution in [3.63, 3.8) is 0 Å². The lowest BCUT2D eigenvalue weighted by Gasteiger charge is -2.14. The lowest BCUT2D eigenvalue weighted by atomic mass is 10.1. The molecule has 3 aromatic rings. The number of amides is 3. The molecule has 1 aromatic heterocycles. The summed E-state index contributed by atoms with van der Waals surface area (Å²) in [5.41, 5.74) is 1.59. The molecule has 2 aromatic carbocycles. The second kappa shape index (κ2) is 6.25. The minimum Gasteiger partial charge on any atom is -0.307 e. The molecule has 1 aliphatic rings. The van der Waals surface area contributed by atoms with E-state index in [-0.39, 0.29) is 17.7 Å². The van der Waals surface area contributed by atoms with Gasteiger partial charge in [-0.15, -0.1) is 0 Å². The van der Waals surface area contributed by atoms with Crippen LogP contribution >= 0.6 is 0 Å². The number of anilines is 2. The molecule has 6 nitrogen and oxygen atoms in total. The van der Waals surface area contributed by atoms with Gasteiger partial charge in [0.1, 0.15) is 5.82 Å². The monoisotopic (exact) mass is 343 g/mol. The highest BCUT2D eigenvalue weighted by Gasteiger charge is 2.36. The highest BCUT2D eigenvalue weighted by atomic mass is 16.2. The molecule has 2 heterocycles. The van der Waals surface area contributed by atoms with E-state index < -0.39 is 0 Å². The van der Waals surface area contributed by atoms with Crippen LogP contribution in [0.15, 0.2) is 72.9 Å². The first kappa shape index (κ1) is 15.7. The zero-order valence-electron chi connectivity index (χ0n) is 13.5. The number of rotatable bonds is 3. The molecule has 3 amide bonds. The Bertz CT molecular complexity index is 979. The van der Waals surface area contributed by atoms with Crippen LogP contribution in [0.2, 0.25) is 0 Å². The molecule has 126 valence electrons. The van der Waals surface area contributed by atoms with Crippen LogP contribution in [0.1, 0.15) is 31.1 Å². The Morgan fingerprint density at radius 1 is 0.808 bits per heavy atom. The van der Waals surface area contributed by atoms with Crippen LogP contribution in [0.3, 0.4) is 0 Å². The topological polar surface area (TPSA) is 79.4 Å². The number of aromatic nitrogens is 1. The maximum Gasteiger partial charge on any atom is 0.266 e. The van der Waals surface area contributed by atoms with Gasteiger partial charge in [0.15, 0.2) is 0 Å². The summed E-state index contributed by atoms with van der Waals surface area (Å²) in [6, 6.07) is 18.2. The SMILES string of the molecule is O=C(Nc1ccccn1)c1ccc(N2C(=O)c3ccccc3C2=O)cc1. The zero-order valence-corrected chi connectivity index (χ0v) is 13.5. The smallest absolute Gasteiger partial charge is 0.266 e. The summed E-state index contributed by atoms with van der Waals surface area (Å²) >= 11 is 0. The van der Waals surface area contributed by atoms with Gasteiger partial charge in [0.25, 0.3) is 17.7 Å². The van der Waals surface area contributed by atoms with Crippen LogP contribution in [-0.2, 0) is 0 Å². The van der Waals surface area contributed by atoms with E-state index in [0.717, 1.165) is 4.90 Å². The maximum atomic E-state index is 12.5. The normalized spacial score (nSPS) is 12.8. The summed E-state index contributed by atoms with van der Waals surface area (Å²) in [6.45, 7) is 0. The standard InChI is InChI=1S/C20H13N3O3/c24-18(22-17-7-3-4-12-21-17)13-8-10-14(11-9-13)23-19(25)15-5-1-2-6-16(15)20(23)26/h1-12H,(H,21,22,24). The van der Waals surface area contributed by atoms with E-state index in [1.807, 2.05) is 0 Å². The molecular formula is C20H13N3O3. The van der Waals surface area contributed by atoms with Gasteiger partial charge in [-0.25, -0.2) is 9.88 Å². The Kier molecular flexibility index (Phi) is 3.78. The molecule has 0 spiro atoms. The van der Waals surface area contributed by atoms with E-state index in [9.17, 15) is 14.4 Å². The molecule has 0 unspecified atom stereocenters. The predicted octanol–water partition coefficient (Wildman–Crippen LogP) is 3.13. The molecule has 26 heavy (non-hydrogen) atoms. The van der Waals surface area contributed by atoms with Crippen molar-refractivity contribution < 1.29 is 14.4 Å². The van der Waals surface area contributed by atoms with Gasteiger partial charge in [-0.05, 0) is 48.5 Å². The molecule has 0 atom stereocenters. The summed E-state index contributed by atoms with van der Waals surface area (Å²) in [4.78, 5) is 42.4. The van der Waals surface area contributed by atoms with E-state index in [2.05, 4.69) is 10.3 Å². The number of carbonyl (C=O) groups is 3. The van der Waals surface area contributed by atoms with Gasteiger partial charge in [0, 0.05) is 11.8 Å². The van der Waals surface area contributed by atoms with Crippen molar-refractivity contribution in [3.8, 4) is 0 Å². The van der Waals surface area contributed by atoms with Gasteiger partial charge in [-0.1, -0.05) is 18.2 Å². The number of carbonyl (C=O) groups excluding carboxylic acids is 3. The number of nitrogens with zero attached hydrogens (tertiary/aromatic N) is 2. The summed E-state index contributed by atoms with van der Waals surface area (Å²) in [7, 11) is 0. The van der Waals surface area contributed by atoms with Gasteiger partial charge in [0.05, 0.1) is 16.8 Å². The van der Waals surface area contributed by atoms with Crippen LogP contribution in [0.4, 0.5) is 11.5 Å². The van der Waals surface area contributed by atoms with Crippen LogP contribution in [0, 0.1) is 0 Å². The van der Waals surface area contributed by atoms with Crippen molar-refractivity contribution >= 4 is 29.2 Å². The second-order valence-corrected chi connectivity index (χ2v) is 5.71.